The molecule has 1 fully saturated rings. The van der Waals surface area contributed by atoms with Crippen LogP contribution in [0.2, 0.25) is 5.15 Å². The summed E-state index contributed by atoms with van der Waals surface area (Å²) in [4.78, 5) is 8.19. The smallest absolute Gasteiger partial charge is 0.234 e. The number of halogens is 1. The molecule has 2 rings (SSSR count). The van der Waals surface area contributed by atoms with Gasteiger partial charge in [-0.15, -0.1) is 0 Å². The van der Waals surface area contributed by atoms with Crippen LogP contribution in [0.25, 0.3) is 0 Å². The normalized spacial score (nSPS) is 28.4. The van der Waals surface area contributed by atoms with Crippen molar-refractivity contribution in [2.75, 3.05) is 0 Å². The van der Waals surface area contributed by atoms with Gasteiger partial charge in [-0.05, 0) is 30.6 Å². The van der Waals surface area contributed by atoms with Crippen LogP contribution in [0.5, 0.6) is 5.88 Å². The molecule has 1 saturated carbocycles. The predicted octanol–water partition coefficient (Wildman–Crippen LogP) is 3.97. The van der Waals surface area contributed by atoms with Crippen LogP contribution < -0.4 is 4.74 Å². The van der Waals surface area contributed by atoms with E-state index in [0.29, 0.717) is 22.9 Å². The molecular formula is C14H21ClN2O. The highest BCUT2D eigenvalue weighted by Crippen LogP contribution is 2.35. The molecule has 0 amide bonds. The average Bonchev–Trinajstić information content (AvgIpc) is 2.28. The first-order chi connectivity index (χ1) is 8.56. The first kappa shape index (κ1) is 13.6. The van der Waals surface area contributed by atoms with Gasteiger partial charge in [-0.1, -0.05) is 38.8 Å². The van der Waals surface area contributed by atoms with Gasteiger partial charge in [0.25, 0.3) is 0 Å². The summed E-state index contributed by atoms with van der Waals surface area (Å²) in [5, 5.41) is 0.387. The number of ether oxygens (including phenoxy) is 1. The number of hydrogen-bond acceptors (Lipinski definition) is 3. The van der Waals surface area contributed by atoms with Crippen LogP contribution in [-0.2, 0) is 0 Å². The lowest BCUT2D eigenvalue weighted by Crippen LogP contribution is -2.36. The van der Waals surface area contributed by atoms with Crippen molar-refractivity contribution in [1.29, 1.82) is 0 Å². The van der Waals surface area contributed by atoms with E-state index in [0.717, 1.165) is 12.3 Å². The van der Waals surface area contributed by atoms with Gasteiger partial charge >= 0.3 is 0 Å². The summed E-state index contributed by atoms with van der Waals surface area (Å²) < 4.78 is 6.02. The van der Waals surface area contributed by atoms with Crippen molar-refractivity contribution in [1.82, 2.24) is 9.97 Å². The Morgan fingerprint density at radius 1 is 1.33 bits per heavy atom. The average molecular weight is 269 g/mol. The van der Waals surface area contributed by atoms with E-state index in [2.05, 4.69) is 30.7 Å². The largest absolute Gasteiger partial charge is 0.473 e. The van der Waals surface area contributed by atoms with Gasteiger partial charge in [-0.3, -0.25) is 4.98 Å². The van der Waals surface area contributed by atoms with Gasteiger partial charge in [-0.25, -0.2) is 0 Å². The van der Waals surface area contributed by atoms with Gasteiger partial charge < -0.3 is 4.74 Å². The molecule has 0 N–H and O–H groups in total. The number of hydrogen-bond donors (Lipinski definition) is 0. The SMILES string of the molecule is CC1CCC(C(C)C)C(Oc2cncc(Cl)n2)C1. The second-order valence-electron chi connectivity index (χ2n) is 5.66. The summed E-state index contributed by atoms with van der Waals surface area (Å²) in [6.45, 7) is 6.82. The molecule has 0 aliphatic heterocycles. The number of aromatic nitrogens is 2. The van der Waals surface area contributed by atoms with Crippen LogP contribution in [-0.4, -0.2) is 16.1 Å². The molecule has 1 aromatic heterocycles. The summed E-state index contributed by atoms with van der Waals surface area (Å²) >= 11 is 5.84. The van der Waals surface area contributed by atoms with Gasteiger partial charge in [0.1, 0.15) is 6.10 Å². The zero-order valence-electron chi connectivity index (χ0n) is 11.3. The van der Waals surface area contributed by atoms with Crippen LogP contribution in [0.4, 0.5) is 0 Å². The van der Waals surface area contributed by atoms with E-state index in [9.17, 15) is 0 Å². The molecule has 3 nitrogen and oxygen atoms in total. The Hall–Kier alpha value is -0.830. The Morgan fingerprint density at radius 2 is 2.11 bits per heavy atom. The maximum absolute atomic E-state index is 6.02. The fourth-order valence-electron chi connectivity index (χ4n) is 2.79. The van der Waals surface area contributed by atoms with Gasteiger partial charge in [0.15, 0.2) is 5.15 Å². The third kappa shape index (κ3) is 3.35. The summed E-state index contributed by atoms with van der Waals surface area (Å²) in [5.74, 6) is 2.50. The zero-order chi connectivity index (χ0) is 13.1. The fourth-order valence-corrected chi connectivity index (χ4v) is 2.93. The molecule has 0 bridgehead atoms. The van der Waals surface area contributed by atoms with E-state index in [1.807, 2.05) is 0 Å². The van der Waals surface area contributed by atoms with Crippen molar-refractivity contribution >= 4 is 11.6 Å². The Bertz CT molecular complexity index is 397. The van der Waals surface area contributed by atoms with E-state index in [-0.39, 0.29) is 6.10 Å². The molecule has 0 aromatic carbocycles. The zero-order valence-corrected chi connectivity index (χ0v) is 12.0. The molecule has 100 valence electrons. The molecule has 4 heteroatoms. The third-order valence-corrected chi connectivity index (χ3v) is 4.00. The van der Waals surface area contributed by atoms with Gasteiger partial charge in [-0.2, -0.15) is 4.98 Å². The van der Waals surface area contributed by atoms with Crippen LogP contribution in [0.1, 0.15) is 40.0 Å². The summed E-state index contributed by atoms with van der Waals surface area (Å²) in [6, 6.07) is 0. The molecule has 1 heterocycles. The topological polar surface area (TPSA) is 35.0 Å². The van der Waals surface area contributed by atoms with Crippen LogP contribution >= 0.6 is 11.6 Å². The molecule has 0 saturated heterocycles. The lowest BCUT2D eigenvalue weighted by Gasteiger charge is -2.36. The maximum Gasteiger partial charge on any atom is 0.234 e. The molecule has 3 unspecified atom stereocenters. The lowest BCUT2D eigenvalue weighted by atomic mass is 9.75. The van der Waals surface area contributed by atoms with Crippen LogP contribution in [0, 0.1) is 17.8 Å². The van der Waals surface area contributed by atoms with E-state index in [4.69, 9.17) is 16.3 Å². The molecule has 18 heavy (non-hydrogen) atoms. The summed E-state index contributed by atoms with van der Waals surface area (Å²) in [5.41, 5.74) is 0. The molecule has 3 atom stereocenters. The van der Waals surface area contributed by atoms with Crippen LogP contribution in [0.3, 0.4) is 0 Å². The van der Waals surface area contributed by atoms with Crippen molar-refractivity contribution in [3.8, 4) is 5.88 Å². The first-order valence-corrected chi connectivity index (χ1v) is 7.08. The minimum absolute atomic E-state index is 0.238. The maximum atomic E-state index is 6.02. The Labute approximate surface area is 114 Å². The molecule has 1 aliphatic rings. The molecule has 0 spiro atoms. The standard InChI is InChI=1S/C14H21ClN2O/c1-9(2)11-5-4-10(3)6-12(11)18-14-8-16-7-13(15)17-14/h7-12H,4-6H2,1-3H3. The molecule has 1 aromatic rings. The Balaban J connectivity index is 2.08. The van der Waals surface area contributed by atoms with Crippen molar-refractivity contribution in [2.24, 2.45) is 17.8 Å². The highest BCUT2D eigenvalue weighted by Gasteiger charge is 2.32. The third-order valence-electron chi connectivity index (χ3n) is 3.82. The van der Waals surface area contributed by atoms with Crippen molar-refractivity contribution in [3.05, 3.63) is 17.5 Å². The fraction of sp³-hybridized carbons (Fsp3) is 0.714. The second-order valence-corrected chi connectivity index (χ2v) is 6.05. The number of nitrogens with zero attached hydrogens (tertiary/aromatic N) is 2. The Kier molecular flexibility index (Phi) is 4.44. The number of rotatable bonds is 3. The minimum atomic E-state index is 0.238. The molecular weight excluding hydrogens is 248 g/mol. The van der Waals surface area contributed by atoms with Gasteiger partial charge in [0, 0.05) is 0 Å². The molecule has 0 radical (unpaired) electrons. The Morgan fingerprint density at radius 3 is 2.78 bits per heavy atom. The van der Waals surface area contributed by atoms with E-state index in [1.165, 1.54) is 19.0 Å². The quantitative estimate of drug-likeness (QED) is 0.832. The highest BCUT2D eigenvalue weighted by atomic mass is 35.5. The van der Waals surface area contributed by atoms with Gasteiger partial charge in [0.2, 0.25) is 5.88 Å². The summed E-state index contributed by atoms with van der Waals surface area (Å²) in [7, 11) is 0. The van der Waals surface area contributed by atoms with Crippen molar-refractivity contribution in [2.45, 2.75) is 46.1 Å². The highest BCUT2D eigenvalue weighted by molar-refractivity contribution is 6.29. The van der Waals surface area contributed by atoms with Crippen LogP contribution in [0.15, 0.2) is 12.4 Å². The van der Waals surface area contributed by atoms with E-state index < -0.39 is 0 Å². The monoisotopic (exact) mass is 268 g/mol. The first-order valence-electron chi connectivity index (χ1n) is 6.70. The van der Waals surface area contributed by atoms with Crippen molar-refractivity contribution < 1.29 is 4.74 Å². The van der Waals surface area contributed by atoms with E-state index >= 15 is 0 Å². The summed E-state index contributed by atoms with van der Waals surface area (Å²) in [6.07, 6.45) is 7.03. The van der Waals surface area contributed by atoms with Gasteiger partial charge in [0.05, 0.1) is 12.4 Å². The molecule has 1 aliphatic carbocycles. The minimum Gasteiger partial charge on any atom is -0.473 e. The second kappa shape index (κ2) is 5.87. The predicted molar refractivity (Wildman–Crippen MR) is 72.8 cm³/mol. The van der Waals surface area contributed by atoms with Crippen molar-refractivity contribution in [3.63, 3.8) is 0 Å². The van der Waals surface area contributed by atoms with E-state index in [1.54, 1.807) is 6.20 Å². The lowest BCUT2D eigenvalue weighted by molar-refractivity contribution is 0.0423.